The van der Waals surface area contributed by atoms with Crippen molar-refractivity contribution in [1.82, 2.24) is 9.97 Å². The molecule has 1 aromatic heterocycles. The fourth-order valence-corrected chi connectivity index (χ4v) is 3.68. The fourth-order valence-electron chi connectivity index (χ4n) is 3.68. The molecule has 0 spiro atoms. The zero-order chi connectivity index (χ0) is 18.6. The summed E-state index contributed by atoms with van der Waals surface area (Å²) in [6.45, 7) is 1.02. The molecule has 2 fully saturated rings. The maximum Gasteiger partial charge on any atom is 0.414 e. The number of carbonyl (C=O) groups is 1. The van der Waals surface area contributed by atoms with Crippen molar-refractivity contribution < 1.29 is 13.9 Å². The Morgan fingerprint density at radius 1 is 1.19 bits per heavy atom. The molecule has 7 heteroatoms. The van der Waals surface area contributed by atoms with Gasteiger partial charge in [-0.2, -0.15) is 0 Å². The van der Waals surface area contributed by atoms with Gasteiger partial charge in [-0.1, -0.05) is 31.4 Å². The lowest BCUT2D eigenvalue weighted by Gasteiger charge is -2.26. The van der Waals surface area contributed by atoms with E-state index in [0.29, 0.717) is 36.4 Å². The molecule has 142 valence electrons. The summed E-state index contributed by atoms with van der Waals surface area (Å²) in [5.41, 5.74) is 1.52. The molecule has 6 nitrogen and oxygen atoms in total. The molecule has 1 aliphatic carbocycles. The molecular formula is C20H23FN4O2. The van der Waals surface area contributed by atoms with Gasteiger partial charge in [-0.05, 0) is 31.4 Å². The molecule has 2 aliphatic rings. The fraction of sp³-hybridized carbons (Fsp3) is 0.450. The smallest absolute Gasteiger partial charge is 0.414 e. The van der Waals surface area contributed by atoms with Gasteiger partial charge in [-0.15, -0.1) is 0 Å². The third-order valence-corrected chi connectivity index (χ3v) is 5.09. The molecule has 1 aliphatic heterocycles. The molecular weight excluding hydrogens is 347 g/mol. The van der Waals surface area contributed by atoms with Crippen LogP contribution in [0.3, 0.4) is 0 Å². The normalized spacial score (nSPS) is 18.3. The second-order valence-corrected chi connectivity index (χ2v) is 7.04. The molecule has 1 saturated carbocycles. The second kappa shape index (κ2) is 7.90. The summed E-state index contributed by atoms with van der Waals surface area (Å²) in [6, 6.07) is 7.50. The molecule has 1 aromatic carbocycles. The Morgan fingerprint density at radius 2 is 2.04 bits per heavy atom. The standard InChI is InChI=1S/C20H23FN4O2/c21-17-13-22-19(23-15-7-2-1-3-8-15)24-18(17)14-6-4-9-16(12-14)25-10-5-11-27-20(25)26/h4,6,9,12-13,15H,1-3,5,7-8,10-11H2,(H,22,23,24). The van der Waals surface area contributed by atoms with E-state index in [1.54, 1.807) is 23.1 Å². The summed E-state index contributed by atoms with van der Waals surface area (Å²) in [5, 5.41) is 3.33. The van der Waals surface area contributed by atoms with Crippen LogP contribution in [0.15, 0.2) is 30.5 Å². The molecule has 2 aromatic rings. The molecule has 0 bridgehead atoms. The number of rotatable bonds is 4. The summed E-state index contributed by atoms with van der Waals surface area (Å²) >= 11 is 0. The lowest BCUT2D eigenvalue weighted by atomic mass is 9.96. The van der Waals surface area contributed by atoms with Crippen molar-refractivity contribution >= 4 is 17.7 Å². The number of hydrogen-bond acceptors (Lipinski definition) is 5. The summed E-state index contributed by atoms with van der Waals surface area (Å²) in [5.74, 6) is -0.0383. The number of nitrogens with zero attached hydrogens (tertiary/aromatic N) is 3. The summed E-state index contributed by atoms with van der Waals surface area (Å²) in [7, 11) is 0. The van der Waals surface area contributed by atoms with Gasteiger partial charge in [-0.25, -0.2) is 19.2 Å². The maximum absolute atomic E-state index is 14.4. The van der Waals surface area contributed by atoms with Crippen molar-refractivity contribution in [3.8, 4) is 11.3 Å². The predicted octanol–water partition coefficient (Wildman–Crippen LogP) is 4.37. The SMILES string of the molecule is O=C1OCCCN1c1cccc(-c2nc(NC3CCCCC3)ncc2F)c1. The number of halogens is 1. The van der Waals surface area contributed by atoms with E-state index >= 15 is 0 Å². The van der Waals surface area contributed by atoms with Gasteiger partial charge in [0.1, 0.15) is 5.69 Å². The first-order chi connectivity index (χ1) is 13.2. The van der Waals surface area contributed by atoms with E-state index in [1.807, 2.05) is 6.07 Å². The number of amides is 1. The number of aromatic nitrogens is 2. The number of cyclic esters (lactones) is 1. The van der Waals surface area contributed by atoms with Gasteiger partial charge in [0.05, 0.1) is 12.8 Å². The van der Waals surface area contributed by atoms with Crippen molar-refractivity contribution in [2.24, 2.45) is 0 Å². The third-order valence-electron chi connectivity index (χ3n) is 5.09. The van der Waals surface area contributed by atoms with Crippen LogP contribution in [0.25, 0.3) is 11.3 Å². The lowest BCUT2D eigenvalue weighted by molar-refractivity contribution is 0.140. The van der Waals surface area contributed by atoms with Gasteiger partial charge in [0.2, 0.25) is 5.95 Å². The first-order valence-corrected chi connectivity index (χ1v) is 9.54. The molecule has 1 N–H and O–H groups in total. The topological polar surface area (TPSA) is 67.3 Å². The molecule has 2 heterocycles. The molecule has 0 atom stereocenters. The van der Waals surface area contributed by atoms with E-state index in [-0.39, 0.29) is 11.8 Å². The Bertz CT molecular complexity index is 823. The highest BCUT2D eigenvalue weighted by Crippen LogP contribution is 2.28. The number of ether oxygens (including phenoxy) is 1. The van der Waals surface area contributed by atoms with E-state index in [2.05, 4.69) is 15.3 Å². The summed E-state index contributed by atoms with van der Waals surface area (Å²) in [6.07, 6.45) is 7.42. The number of anilines is 2. The summed E-state index contributed by atoms with van der Waals surface area (Å²) < 4.78 is 19.5. The van der Waals surface area contributed by atoms with E-state index in [0.717, 1.165) is 19.3 Å². The average molecular weight is 370 g/mol. The zero-order valence-electron chi connectivity index (χ0n) is 15.2. The van der Waals surface area contributed by atoms with Gasteiger partial charge in [-0.3, -0.25) is 4.90 Å². The van der Waals surface area contributed by atoms with Crippen LogP contribution in [0, 0.1) is 5.82 Å². The first-order valence-electron chi connectivity index (χ1n) is 9.54. The van der Waals surface area contributed by atoms with Crippen LogP contribution in [0.5, 0.6) is 0 Å². The van der Waals surface area contributed by atoms with Crippen molar-refractivity contribution in [2.45, 2.75) is 44.6 Å². The van der Waals surface area contributed by atoms with Gasteiger partial charge < -0.3 is 10.1 Å². The van der Waals surface area contributed by atoms with Crippen LogP contribution < -0.4 is 10.2 Å². The maximum atomic E-state index is 14.4. The van der Waals surface area contributed by atoms with Crippen molar-refractivity contribution in [2.75, 3.05) is 23.4 Å². The predicted molar refractivity (Wildman–Crippen MR) is 101 cm³/mol. The first kappa shape index (κ1) is 17.7. The Labute approximate surface area is 157 Å². The monoisotopic (exact) mass is 370 g/mol. The minimum atomic E-state index is -0.484. The van der Waals surface area contributed by atoms with E-state index in [1.165, 1.54) is 25.5 Å². The third kappa shape index (κ3) is 4.02. The van der Waals surface area contributed by atoms with Crippen LogP contribution >= 0.6 is 0 Å². The van der Waals surface area contributed by atoms with Gasteiger partial charge in [0.25, 0.3) is 0 Å². The van der Waals surface area contributed by atoms with Crippen LogP contribution in [-0.4, -0.2) is 35.3 Å². The minimum absolute atomic E-state index is 0.232. The van der Waals surface area contributed by atoms with Crippen molar-refractivity contribution in [1.29, 1.82) is 0 Å². The van der Waals surface area contributed by atoms with Gasteiger partial charge in [0, 0.05) is 23.8 Å². The number of nitrogens with one attached hydrogen (secondary N) is 1. The van der Waals surface area contributed by atoms with Crippen LogP contribution in [0.2, 0.25) is 0 Å². The highest BCUT2D eigenvalue weighted by molar-refractivity contribution is 5.89. The highest BCUT2D eigenvalue weighted by atomic mass is 19.1. The van der Waals surface area contributed by atoms with Gasteiger partial charge in [0.15, 0.2) is 5.82 Å². The molecule has 0 unspecified atom stereocenters. The van der Waals surface area contributed by atoms with E-state index < -0.39 is 5.82 Å². The highest BCUT2D eigenvalue weighted by Gasteiger charge is 2.22. The van der Waals surface area contributed by atoms with Crippen LogP contribution in [0.4, 0.5) is 20.8 Å². The summed E-state index contributed by atoms with van der Waals surface area (Å²) in [4.78, 5) is 22.1. The molecule has 4 rings (SSSR count). The second-order valence-electron chi connectivity index (χ2n) is 7.04. The van der Waals surface area contributed by atoms with E-state index in [4.69, 9.17) is 4.74 Å². The number of benzene rings is 1. The Balaban J connectivity index is 1.59. The average Bonchev–Trinajstić information content (AvgIpc) is 2.71. The molecule has 0 radical (unpaired) electrons. The van der Waals surface area contributed by atoms with Crippen LogP contribution in [0.1, 0.15) is 38.5 Å². The Hall–Kier alpha value is -2.70. The number of carbonyl (C=O) groups excluding carboxylic acids is 1. The Morgan fingerprint density at radius 3 is 2.85 bits per heavy atom. The largest absolute Gasteiger partial charge is 0.449 e. The molecule has 1 amide bonds. The number of hydrogen-bond donors (Lipinski definition) is 1. The van der Waals surface area contributed by atoms with Crippen LogP contribution in [-0.2, 0) is 4.74 Å². The van der Waals surface area contributed by atoms with E-state index in [9.17, 15) is 9.18 Å². The molecule has 27 heavy (non-hydrogen) atoms. The Kier molecular flexibility index (Phi) is 5.18. The van der Waals surface area contributed by atoms with Crippen molar-refractivity contribution in [3.63, 3.8) is 0 Å². The van der Waals surface area contributed by atoms with Gasteiger partial charge >= 0.3 is 6.09 Å². The zero-order valence-corrected chi connectivity index (χ0v) is 15.2. The molecule has 1 saturated heterocycles. The van der Waals surface area contributed by atoms with Crippen molar-refractivity contribution in [3.05, 3.63) is 36.3 Å². The minimum Gasteiger partial charge on any atom is -0.449 e. The quantitative estimate of drug-likeness (QED) is 0.865. The lowest BCUT2D eigenvalue weighted by Crippen LogP contribution is -2.37.